The lowest BCUT2D eigenvalue weighted by Crippen LogP contribution is -2.22. The summed E-state index contributed by atoms with van der Waals surface area (Å²) in [7, 11) is 0. The predicted octanol–water partition coefficient (Wildman–Crippen LogP) is 3.70. The number of hydrogen-bond donors (Lipinski definition) is 1. The lowest BCUT2D eigenvalue weighted by Gasteiger charge is -2.12. The number of unbranched alkanes of at least 4 members (excludes halogenated alkanes) is 6. The molecule has 0 aliphatic carbocycles. The van der Waals surface area contributed by atoms with Gasteiger partial charge in [0, 0.05) is 6.42 Å². The van der Waals surface area contributed by atoms with Crippen LogP contribution >= 0.6 is 0 Å². The molecule has 0 heterocycles. The summed E-state index contributed by atoms with van der Waals surface area (Å²) in [5.74, 6) is -1.66. The van der Waals surface area contributed by atoms with Crippen LogP contribution in [0.15, 0.2) is 12.3 Å². The van der Waals surface area contributed by atoms with Crippen molar-refractivity contribution in [2.45, 2.75) is 71.3 Å². The number of carboxylic acid groups (broad SMARTS) is 1. The smallest absolute Gasteiger partial charge is 0.370 e. The van der Waals surface area contributed by atoms with Gasteiger partial charge in [-0.2, -0.15) is 0 Å². The molecule has 0 amide bonds. The molecule has 1 unspecified atom stereocenters. The van der Waals surface area contributed by atoms with E-state index in [1.54, 1.807) is 6.92 Å². The van der Waals surface area contributed by atoms with Crippen LogP contribution in [0.2, 0.25) is 0 Å². The number of Topliss-reactive ketones (excluding diaryl/α,β-unsaturated/α-hetero) is 1. The second kappa shape index (κ2) is 10.6. The van der Waals surface area contributed by atoms with Crippen molar-refractivity contribution in [1.29, 1.82) is 0 Å². The molecule has 0 fully saturated rings. The first-order chi connectivity index (χ1) is 8.99. The first kappa shape index (κ1) is 17.7. The van der Waals surface area contributed by atoms with Crippen LogP contribution < -0.4 is 0 Å². The lowest BCUT2D eigenvalue weighted by atomic mass is 10.1. The van der Waals surface area contributed by atoms with E-state index in [4.69, 9.17) is 9.84 Å². The molecular formula is C15H26O4. The predicted molar refractivity (Wildman–Crippen MR) is 74.9 cm³/mol. The van der Waals surface area contributed by atoms with E-state index in [1.807, 2.05) is 0 Å². The van der Waals surface area contributed by atoms with E-state index in [2.05, 4.69) is 13.5 Å². The Morgan fingerprint density at radius 1 is 1.11 bits per heavy atom. The molecule has 0 aromatic rings. The molecule has 1 atom stereocenters. The zero-order valence-electron chi connectivity index (χ0n) is 12.1. The van der Waals surface area contributed by atoms with E-state index in [0.29, 0.717) is 6.42 Å². The van der Waals surface area contributed by atoms with Crippen LogP contribution in [-0.4, -0.2) is 23.0 Å². The topological polar surface area (TPSA) is 63.6 Å². The minimum absolute atomic E-state index is 0.0593. The fraction of sp³-hybridized carbons (Fsp3) is 0.733. The van der Waals surface area contributed by atoms with Gasteiger partial charge in [0.1, 0.15) is 0 Å². The maximum Gasteiger partial charge on any atom is 0.370 e. The number of rotatable bonds is 12. The highest BCUT2D eigenvalue weighted by atomic mass is 16.5. The molecule has 0 saturated carbocycles. The average Bonchev–Trinajstić information content (AvgIpc) is 2.37. The molecule has 0 saturated heterocycles. The van der Waals surface area contributed by atoms with Crippen molar-refractivity contribution in [3.05, 3.63) is 12.3 Å². The highest BCUT2D eigenvalue weighted by Gasteiger charge is 2.17. The highest BCUT2D eigenvalue weighted by molar-refractivity contribution is 5.86. The monoisotopic (exact) mass is 270 g/mol. The van der Waals surface area contributed by atoms with Gasteiger partial charge in [0.25, 0.3) is 0 Å². The van der Waals surface area contributed by atoms with Crippen molar-refractivity contribution >= 4 is 11.8 Å². The quantitative estimate of drug-likeness (QED) is 0.333. The third-order valence-corrected chi connectivity index (χ3v) is 3.04. The van der Waals surface area contributed by atoms with E-state index < -0.39 is 12.1 Å². The summed E-state index contributed by atoms with van der Waals surface area (Å²) < 4.78 is 4.94. The SMILES string of the molecule is C=C(OC(C)C(=O)CCCCCCCCC)C(=O)O. The van der Waals surface area contributed by atoms with Crippen LogP contribution in [-0.2, 0) is 14.3 Å². The normalized spacial score (nSPS) is 11.9. The minimum Gasteiger partial charge on any atom is -0.476 e. The Balaban J connectivity index is 3.62. The second-order valence-corrected chi connectivity index (χ2v) is 4.83. The molecule has 4 nitrogen and oxygen atoms in total. The Morgan fingerprint density at radius 3 is 2.16 bits per heavy atom. The van der Waals surface area contributed by atoms with Crippen molar-refractivity contribution < 1.29 is 19.4 Å². The molecule has 0 aromatic heterocycles. The van der Waals surface area contributed by atoms with Crippen molar-refractivity contribution in [2.24, 2.45) is 0 Å². The largest absolute Gasteiger partial charge is 0.476 e. The van der Waals surface area contributed by atoms with Gasteiger partial charge >= 0.3 is 5.97 Å². The van der Waals surface area contributed by atoms with Gasteiger partial charge in [0.05, 0.1) is 0 Å². The summed E-state index contributed by atoms with van der Waals surface area (Å²) in [6, 6.07) is 0. The summed E-state index contributed by atoms with van der Waals surface area (Å²) in [4.78, 5) is 22.2. The molecular weight excluding hydrogens is 244 g/mol. The van der Waals surface area contributed by atoms with Crippen molar-refractivity contribution in [3.8, 4) is 0 Å². The van der Waals surface area contributed by atoms with E-state index >= 15 is 0 Å². The van der Waals surface area contributed by atoms with Crippen molar-refractivity contribution in [3.63, 3.8) is 0 Å². The zero-order valence-corrected chi connectivity index (χ0v) is 12.1. The molecule has 1 N–H and O–H groups in total. The fourth-order valence-corrected chi connectivity index (χ4v) is 1.79. The number of carbonyl (C=O) groups is 2. The summed E-state index contributed by atoms with van der Waals surface area (Å²) in [6.45, 7) is 6.99. The van der Waals surface area contributed by atoms with Crippen molar-refractivity contribution in [2.75, 3.05) is 0 Å². The second-order valence-electron chi connectivity index (χ2n) is 4.83. The summed E-state index contributed by atoms with van der Waals surface area (Å²) in [5.41, 5.74) is 0. The lowest BCUT2D eigenvalue weighted by molar-refractivity contribution is -0.139. The van der Waals surface area contributed by atoms with Gasteiger partial charge in [-0.3, -0.25) is 4.79 Å². The average molecular weight is 270 g/mol. The Labute approximate surface area is 115 Å². The van der Waals surface area contributed by atoms with Gasteiger partial charge in [-0.25, -0.2) is 4.79 Å². The highest BCUT2D eigenvalue weighted by Crippen LogP contribution is 2.11. The number of ketones is 1. The fourth-order valence-electron chi connectivity index (χ4n) is 1.79. The van der Waals surface area contributed by atoms with Gasteiger partial charge in [-0.15, -0.1) is 0 Å². The zero-order chi connectivity index (χ0) is 14.7. The van der Waals surface area contributed by atoms with Gasteiger partial charge in [-0.1, -0.05) is 45.4 Å². The molecule has 0 rings (SSSR count). The Kier molecular flexibility index (Phi) is 9.85. The Bertz CT molecular complexity index is 297. The van der Waals surface area contributed by atoms with Gasteiger partial charge in [-0.05, 0) is 19.9 Å². The van der Waals surface area contributed by atoms with Crippen LogP contribution in [0, 0.1) is 0 Å². The molecule has 0 aliphatic rings. The third kappa shape index (κ3) is 9.28. The van der Waals surface area contributed by atoms with Crippen LogP contribution in [0.5, 0.6) is 0 Å². The molecule has 110 valence electrons. The number of aliphatic carboxylic acids is 1. The maximum absolute atomic E-state index is 11.7. The third-order valence-electron chi connectivity index (χ3n) is 3.04. The minimum atomic E-state index is -1.23. The summed E-state index contributed by atoms with van der Waals surface area (Å²) in [5, 5.41) is 8.59. The van der Waals surface area contributed by atoms with Gasteiger partial charge in [0.15, 0.2) is 17.6 Å². The first-order valence-corrected chi connectivity index (χ1v) is 7.10. The Morgan fingerprint density at radius 2 is 1.63 bits per heavy atom. The van der Waals surface area contributed by atoms with Crippen LogP contribution in [0.4, 0.5) is 0 Å². The number of carboxylic acids is 1. The molecule has 0 radical (unpaired) electrons. The molecule has 4 heteroatoms. The Hall–Kier alpha value is -1.32. The van der Waals surface area contributed by atoms with Crippen molar-refractivity contribution in [1.82, 2.24) is 0 Å². The number of ether oxygens (including phenoxy) is 1. The molecule has 0 bridgehead atoms. The molecule has 0 aliphatic heterocycles. The number of carbonyl (C=O) groups excluding carboxylic acids is 1. The van der Waals surface area contributed by atoms with E-state index in [0.717, 1.165) is 19.3 Å². The molecule has 0 spiro atoms. The first-order valence-electron chi connectivity index (χ1n) is 7.10. The van der Waals surface area contributed by atoms with Gasteiger partial charge in [0.2, 0.25) is 0 Å². The maximum atomic E-state index is 11.7. The van der Waals surface area contributed by atoms with Crippen LogP contribution in [0.1, 0.15) is 65.2 Å². The standard InChI is InChI=1S/C15H26O4/c1-4-5-6-7-8-9-10-11-14(16)12(2)19-13(3)15(17)18/h12H,3-11H2,1-2H3,(H,17,18). The van der Waals surface area contributed by atoms with Crippen LogP contribution in [0.3, 0.4) is 0 Å². The summed E-state index contributed by atoms with van der Waals surface area (Å²) in [6.07, 6.45) is 7.78. The summed E-state index contributed by atoms with van der Waals surface area (Å²) >= 11 is 0. The van der Waals surface area contributed by atoms with E-state index in [1.165, 1.54) is 25.7 Å². The van der Waals surface area contributed by atoms with Crippen LogP contribution in [0.25, 0.3) is 0 Å². The van der Waals surface area contributed by atoms with E-state index in [9.17, 15) is 9.59 Å². The van der Waals surface area contributed by atoms with Gasteiger partial charge < -0.3 is 9.84 Å². The molecule has 0 aromatic carbocycles. The van der Waals surface area contributed by atoms with E-state index in [-0.39, 0.29) is 11.5 Å². The molecule has 19 heavy (non-hydrogen) atoms. The number of hydrogen-bond acceptors (Lipinski definition) is 3.